The van der Waals surface area contributed by atoms with Gasteiger partial charge in [0.2, 0.25) is 0 Å². The van der Waals surface area contributed by atoms with E-state index in [-0.39, 0.29) is 0 Å². The van der Waals surface area contributed by atoms with Crippen molar-refractivity contribution in [2.24, 2.45) is 17.8 Å². The second-order valence-electron chi connectivity index (χ2n) is 5.43. The summed E-state index contributed by atoms with van der Waals surface area (Å²) in [5.41, 5.74) is 8.07. The van der Waals surface area contributed by atoms with Crippen molar-refractivity contribution in [1.29, 1.82) is 0 Å². The zero-order valence-corrected chi connectivity index (χ0v) is 12.0. The molecule has 0 bridgehead atoms. The first-order valence-corrected chi connectivity index (χ1v) is 7.21. The van der Waals surface area contributed by atoms with Crippen LogP contribution in [0.5, 0.6) is 0 Å². The summed E-state index contributed by atoms with van der Waals surface area (Å²) in [6, 6.07) is 2.54. The molecule has 3 N–H and O–H groups in total. The van der Waals surface area contributed by atoms with Crippen LogP contribution in [0, 0.1) is 6.92 Å². The molecule has 106 valence electrons. The van der Waals surface area contributed by atoms with Crippen LogP contribution in [0.25, 0.3) is 0 Å². The van der Waals surface area contributed by atoms with Crippen LogP contribution < -0.4 is 11.1 Å². The van der Waals surface area contributed by atoms with E-state index in [1.54, 1.807) is 0 Å². The maximum atomic E-state index is 5.97. The van der Waals surface area contributed by atoms with Gasteiger partial charge in [-0.25, -0.2) is 4.99 Å². The van der Waals surface area contributed by atoms with Gasteiger partial charge in [0, 0.05) is 13.1 Å². The molecule has 0 saturated heterocycles. The van der Waals surface area contributed by atoms with E-state index in [4.69, 9.17) is 5.73 Å². The fraction of sp³-hybridized carbons (Fsp3) is 0.714. The van der Waals surface area contributed by atoms with Gasteiger partial charge in [0.25, 0.3) is 0 Å². The monoisotopic (exact) mass is 263 g/mol. The van der Waals surface area contributed by atoms with Crippen LogP contribution in [-0.2, 0) is 13.6 Å². The standard InChI is InChI=1S/C14H25N5/c1-11-9-13(19(2)18-11)10-16-14(15)17-12-7-5-3-4-6-8-12/h9,12H,3-8,10H2,1-2H3,(H3,15,16,17). The summed E-state index contributed by atoms with van der Waals surface area (Å²) in [4.78, 5) is 4.42. The van der Waals surface area contributed by atoms with Crippen molar-refractivity contribution in [1.82, 2.24) is 15.1 Å². The molecule has 2 rings (SSSR count). The molecule has 1 aliphatic carbocycles. The van der Waals surface area contributed by atoms with Gasteiger partial charge in [-0.1, -0.05) is 25.7 Å². The Hall–Kier alpha value is -1.52. The smallest absolute Gasteiger partial charge is 0.189 e. The number of hydrogen-bond donors (Lipinski definition) is 2. The maximum Gasteiger partial charge on any atom is 0.189 e. The van der Waals surface area contributed by atoms with E-state index >= 15 is 0 Å². The van der Waals surface area contributed by atoms with E-state index in [1.165, 1.54) is 38.5 Å². The average molecular weight is 263 g/mol. The minimum absolute atomic E-state index is 0.500. The first kappa shape index (κ1) is 13.9. The molecule has 0 atom stereocenters. The summed E-state index contributed by atoms with van der Waals surface area (Å²) in [5.74, 6) is 0.561. The molecule has 0 aliphatic heterocycles. The first-order chi connectivity index (χ1) is 9.15. The van der Waals surface area contributed by atoms with Gasteiger partial charge >= 0.3 is 0 Å². The number of nitrogens with one attached hydrogen (secondary N) is 1. The predicted molar refractivity (Wildman–Crippen MR) is 77.9 cm³/mol. The Kier molecular flexibility index (Phi) is 4.82. The Morgan fingerprint density at radius 2 is 2.11 bits per heavy atom. The Bertz CT molecular complexity index is 427. The number of rotatable bonds is 3. The fourth-order valence-corrected chi connectivity index (χ4v) is 2.66. The van der Waals surface area contributed by atoms with E-state index in [0.717, 1.165) is 11.4 Å². The molecule has 5 nitrogen and oxygen atoms in total. The number of hydrogen-bond acceptors (Lipinski definition) is 2. The molecule has 1 aromatic rings. The number of aliphatic imine (C=N–C) groups is 1. The van der Waals surface area contributed by atoms with Crippen LogP contribution in [0.4, 0.5) is 0 Å². The number of guanidine groups is 1. The quantitative estimate of drug-likeness (QED) is 0.497. The highest BCUT2D eigenvalue weighted by atomic mass is 15.3. The molecular formula is C14H25N5. The van der Waals surface area contributed by atoms with Gasteiger partial charge < -0.3 is 11.1 Å². The SMILES string of the molecule is Cc1cc(CN=C(N)NC2CCCCCC2)n(C)n1. The highest BCUT2D eigenvalue weighted by Gasteiger charge is 2.12. The van der Waals surface area contributed by atoms with Crippen molar-refractivity contribution in [2.75, 3.05) is 0 Å². The number of nitrogens with two attached hydrogens (primary N) is 1. The third kappa shape index (κ3) is 4.26. The van der Waals surface area contributed by atoms with E-state index in [2.05, 4.69) is 15.4 Å². The Morgan fingerprint density at radius 3 is 2.68 bits per heavy atom. The third-order valence-electron chi connectivity index (χ3n) is 3.72. The molecule has 1 aliphatic rings. The van der Waals surface area contributed by atoms with Gasteiger partial charge in [-0.15, -0.1) is 0 Å². The molecule has 0 aromatic carbocycles. The second-order valence-corrected chi connectivity index (χ2v) is 5.43. The summed E-state index contributed by atoms with van der Waals surface area (Å²) >= 11 is 0. The van der Waals surface area contributed by atoms with Crippen LogP contribution in [0.15, 0.2) is 11.1 Å². The van der Waals surface area contributed by atoms with Crippen molar-refractivity contribution in [3.05, 3.63) is 17.5 Å². The summed E-state index contributed by atoms with van der Waals surface area (Å²) in [6.07, 6.45) is 7.72. The average Bonchev–Trinajstić information content (AvgIpc) is 2.56. The van der Waals surface area contributed by atoms with Crippen molar-refractivity contribution >= 4 is 5.96 Å². The minimum Gasteiger partial charge on any atom is -0.370 e. The van der Waals surface area contributed by atoms with Gasteiger partial charge in [-0.2, -0.15) is 5.10 Å². The third-order valence-corrected chi connectivity index (χ3v) is 3.72. The summed E-state index contributed by atoms with van der Waals surface area (Å²) in [6.45, 7) is 2.57. The molecular weight excluding hydrogens is 238 g/mol. The number of aryl methyl sites for hydroxylation is 2. The highest BCUT2D eigenvalue weighted by Crippen LogP contribution is 2.16. The Morgan fingerprint density at radius 1 is 1.42 bits per heavy atom. The minimum atomic E-state index is 0.500. The van der Waals surface area contributed by atoms with Crippen molar-refractivity contribution in [3.8, 4) is 0 Å². The normalized spacial score (nSPS) is 18.3. The first-order valence-electron chi connectivity index (χ1n) is 7.21. The number of nitrogens with zero attached hydrogens (tertiary/aromatic N) is 3. The van der Waals surface area contributed by atoms with Crippen molar-refractivity contribution in [2.45, 2.75) is 58.0 Å². The van der Waals surface area contributed by atoms with Gasteiger partial charge in [0.05, 0.1) is 17.9 Å². The highest BCUT2D eigenvalue weighted by molar-refractivity contribution is 5.78. The van der Waals surface area contributed by atoms with Crippen LogP contribution in [0.2, 0.25) is 0 Å². The molecule has 0 spiro atoms. The fourth-order valence-electron chi connectivity index (χ4n) is 2.66. The summed E-state index contributed by atoms with van der Waals surface area (Å²) in [5, 5.41) is 7.66. The second kappa shape index (κ2) is 6.59. The molecule has 5 heteroatoms. The summed E-state index contributed by atoms with van der Waals surface area (Å²) < 4.78 is 1.86. The van der Waals surface area contributed by atoms with Gasteiger partial charge in [0.1, 0.15) is 0 Å². The lowest BCUT2D eigenvalue weighted by Crippen LogP contribution is -2.39. The topological polar surface area (TPSA) is 68.2 Å². The van der Waals surface area contributed by atoms with Crippen LogP contribution in [0.1, 0.15) is 49.9 Å². The lowest BCUT2D eigenvalue weighted by atomic mass is 10.1. The van der Waals surface area contributed by atoms with E-state index < -0.39 is 0 Å². The molecule has 0 radical (unpaired) electrons. The van der Waals surface area contributed by atoms with E-state index in [0.29, 0.717) is 18.5 Å². The zero-order chi connectivity index (χ0) is 13.7. The van der Waals surface area contributed by atoms with Gasteiger partial charge in [0.15, 0.2) is 5.96 Å². The Labute approximate surface area is 115 Å². The zero-order valence-electron chi connectivity index (χ0n) is 12.0. The molecule has 1 aromatic heterocycles. The molecule has 1 fully saturated rings. The molecule has 0 unspecified atom stereocenters. The predicted octanol–water partition coefficient (Wildman–Crippen LogP) is 1.86. The van der Waals surface area contributed by atoms with Crippen LogP contribution in [0.3, 0.4) is 0 Å². The molecule has 1 saturated carbocycles. The lowest BCUT2D eigenvalue weighted by molar-refractivity contribution is 0.530. The van der Waals surface area contributed by atoms with Crippen molar-refractivity contribution in [3.63, 3.8) is 0 Å². The molecule has 19 heavy (non-hydrogen) atoms. The van der Waals surface area contributed by atoms with Gasteiger partial charge in [-0.05, 0) is 25.8 Å². The van der Waals surface area contributed by atoms with Crippen molar-refractivity contribution < 1.29 is 0 Å². The molecule has 1 heterocycles. The van der Waals surface area contributed by atoms with Gasteiger partial charge in [-0.3, -0.25) is 4.68 Å². The molecule has 0 amide bonds. The Balaban J connectivity index is 1.86. The number of aromatic nitrogens is 2. The largest absolute Gasteiger partial charge is 0.370 e. The van der Waals surface area contributed by atoms with E-state index in [9.17, 15) is 0 Å². The maximum absolute atomic E-state index is 5.97. The lowest BCUT2D eigenvalue weighted by Gasteiger charge is -2.16. The van der Waals surface area contributed by atoms with Crippen LogP contribution >= 0.6 is 0 Å². The summed E-state index contributed by atoms with van der Waals surface area (Å²) in [7, 11) is 1.94. The van der Waals surface area contributed by atoms with Crippen LogP contribution in [-0.4, -0.2) is 21.8 Å². The van der Waals surface area contributed by atoms with E-state index in [1.807, 2.05) is 24.7 Å².